The fourth-order valence-electron chi connectivity index (χ4n) is 2.96. The third-order valence-corrected chi connectivity index (χ3v) is 4.04. The fourth-order valence-corrected chi connectivity index (χ4v) is 2.96. The van der Waals surface area contributed by atoms with E-state index in [1.807, 2.05) is 6.07 Å². The van der Waals surface area contributed by atoms with Gasteiger partial charge in [0.1, 0.15) is 5.75 Å². The van der Waals surface area contributed by atoms with Gasteiger partial charge in [-0.1, -0.05) is 24.3 Å². The molecule has 1 saturated heterocycles. The number of ether oxygens (including phenoxy) is 1. The largest absolute Gasteiger partial charge is 0.497 e. The predicted molar refractivity (Wildman–Crippen MR) is 79.8 cm³/mol. The lowest BCUT2D eigenvalue weighted by Crippen LogP contribution is -2.30. The van der Waals surface area contributed by atoms with Crippen LogP contribution >= 0.6 is 0 Å². The molecule has 1 heterocycles. The molecule has 100 valence electrons. The van der Waals surface area contributed by atoms with Gasteiger partial charge in [0.25, 0.3) is 0 Å². The van der Waals surface area contributed by atoms with E-state index < -0.39 is 0 Å². The fraction of sp³-hybridized carbons (Fsp3) is 0.412. The lowest BCUT2D eigenvalue weighted by Gasteiger charge is -2.22. The second-order valence-corrected chi connectivity index (χ2v) is 5.46. The molecule has 3 rings (SSSR count). The normalized spacial score (nSPS) is 19.5. The van der Waals surface area contributed by atoms with Crippen LogP contribution in [0.25, 0.3) is 10.8 Å². The third kappa shape index (κ3) is 2.90. The summed E-state index contributed by atoms with van der Waals surface area (Å²) in [5, 5.41) is 6.05. The molecular formula is C17H21NO. The van der Waals surface area contributed by atoms with Crippen molar-refractivity contribution in [3.8, 4) is 5.75 Å². The summed E-state index contributed by atoms with van der Waals surface area (Å²) in [7, 11) is 1.71. The molecular weight excluding hydrogens is 234 g/mol. The molecule has 2 aromatic rings. The van der Waals surface area contributed by atoms with E-state index in [4.69, 9.17) is 4.74 Å². The Morgan fingerprint density at radius 1 is 1.16 bits per heavy atom. The van der Waals surface area contributed by atoms with Crippen LogP contribution in [0.5, 0.6) is 5.75 Å². The molecule has 0 amide bonds. The van der Waals surface area contributed by atoms with Gasteiger partial charge >= 0.3 is 0 Å². The Hall–Kier alpha value is -1.54. The standard InChI is InChI=1S/C17H21NO/c1-19-17-7-6-15-10-13(4-5-16(15)11-17)9-14-3-2-8-18-12-14/h4-7,10-11,14,18H,2-3,8-9,12H2,1H3. The van der Waals surface area contributed by atoms with E-state index in [-0.39, 0.29) is 0 Å². The molecule has 2 heteroatoms. The Bertz CT molecular complexity index is 558. The SMILES string of the molecule is COc1ccc2cc(CC3CCCNC3)ccc2c1. The summed E-state index contributed by atoms with van der Waals surface area (Å²) >= 11 is 0. The van der Waals surface area contributed by atoms with Gasteiger partial charge in [-0.15, -0.1) is 0 Å². The topological polar surface area (TPSA) is 21.3 Å². The molecule has 2 aromatic carbocycles. The second kappa shape index (κ2) is 5.62. The number of piperidine rings is 1. The average molecular weight is 255 g/mol. The first-order valence-corrected chi connectivity index (χ1v) is 7.12. The number of nitrogens with one attached hydrogen (secondary N) is 1. The summed E-state index contributed by atoms with van der Waals surface area (Å²) < 4.78 is 5.27. The molecule has 1 atom stereocenters. The van der Waals surface area contributed by atoms with Crippen molar-refractivity contribution in [2.24, 2.45) is 5.92 Å². The minimum atomic E-state index is 0.796. The Morgan fingerprint density at radius 3 is 2.79 bits per heavy atom. The highest BCUT2D eigenvalue weighted by atomic mass is 16.5. The van der Waals surface area contributed by atoms with E-state index in [1.54, 1.807) is 7.11 Å². The van der Waals surface area contributed by atoms with Crippen molar-refractivity contribution >= 4 is 10.8 Å². The lowest BCUT2D eigenvalue weighted by molar-refractivity contribution is 0.376. The van der Waals surface area contributed by atoms with Gasteiger partial charge in [0.05, 0.1) is 7.11 Å². The smallest absolute Gasteiger partial charge is 0.119 e. The summed E-state index contributed by atoms with van der Waals surface area (Å²) in [4.78, 5) is 0. The molecule has 1 N–H and O–H groups in total. The van der Waals surface area contributed by atoms with Crippen molar-refractivity contribution in [3.63, 3.8) is 0 Å². The highest BCUT2D eigenvalue weighted by Gasteiger charge is 2.13. The summed E-state index contributed by atoms with van der Waals surface area (Å²) in [6.45, 7) is 2.36. The van der Waals surface area contributed by atoms with Gasteiger partial charge in [-0.05, 0) is 66.7 Å². The first-order chi connectivity index (χ1) is 9.35. The van der Waals surface area contributed by atoms with Crippen LogP contribution in [-0.2, 0) is 6.42 Å². The Balaban J connectivity index is 1.80. The van der Waals surface area contributed by atoms with Gasteiger partial charge in [0, 0.05) is 0 Å². The molecule has 1 aliphatic heterocycles. The van der Waals surface area contributed by atoms with Gasteiger partial charge in [-0.25, -0.2) is 0 Å². The zero-order valence-electron chi connectivity index (χ0n) is 11.5. The first-order valence-electron chi connectivity index (χ1n) is 7.12. The van der Waals surface area contributed by atoms with Crippen LogP contribution in [-0.4, -0.2) is 20.2 Å². The maximum absolute atomic E-state index is 5.27. The quantitative estimate of drug-likeness (QED) is 0.907. The molecule has 19 heavy (non-hydrogen) atoms. The molecule has 0 saturated carbocycles. The number of fused-ring (bicyclic) bond motifs is 1. The van der Waals surface area contributed by atoms with Crippen molar-refractivity contribution in [2.75, 3.05) is 20.2 Å². The summed E-state index contributed by atoms with van der Waals surface area (Å²) in [6, 6.07) is 13.1. The second-order valence-electron chi connectivity index (χ2n) is 5.46. The van der Waals surface area contributed by atoms with Gasteiger partial charge in [-0.3, -0.25) is 0 Å². The van der Waals surface area contributed by atoms with E-state index >= 15 is 0 Å². The predicted octanol–water partition coefficient (Wildman–Crippen LogP) is 3.39. The Labute approximate surface area is 114 Å². The molecule has 1 unspecified atom stereocenters. The Kier molecular flexibility index (Phi) is 3.69. The number of rotatable bonds is 3. The van der Waals surface area contributed by atoms with E-state index in [0.29, 0.717) is 0 Å². The summed E-state index contributed by atoms with van der Waals surface area (Å²) in [6.07, 6.45) is 3.86. The number of methoxy groups -OCH3 is 1. The van der Waals surface area contributed by atoms with Gasteiger partial charge < -0.3 is 10.1 Å². The van der Waals surface area contributed by atoms with E-state index in [0.717, 1.165) is 11.7 Å². The van der Waals surface area contributed by atoms with Crippen LogP contribution in [0.3, 0.4) is 0 Å². The van der Waals surface area contributed by atoms with Gasteiger partial charge in [-0.2, -0.15) is 0 Å². The third-order valence-electron chi connectivity index (χ3n) is 4.04. The van der Waals surface area contributed by atoms with Crippen LogP contribution < -0.4 is 10.1 Å². The molecule has 1 fully saturated rings. The van der Waals surface area contributed by atoms with Crippen molar-refractivity contribution in [2.45, 2.75) is 19.3 Å². The Morgan fingerprint density at radius 2 is 2.00 bits per heavy atom. The number of benzene rings is 2. The first kappa shape index (κ1) is 12.5. The molecule has 0 bridgehead atoms. The highest BCUT2D eigenvalue weighted by Crippen LogP contribution is 2.24. The molecule has 1 aliphatic rings. The highest BCUT2D eigenvalue weighted by molar-refractivity contribution is 5.84. The molecule has 0 spiro atoms. The maximum atomic E-state index is 5.27. The van der Waals surface area contributed by atoms with Gasteiger partial charge in [0.2, 0.25) is 0 Å². The van der Waals surface area contributed by atoms with Crippen LogP contribution in [0.2, 0.25) is 0 Å². The zero-order valence-corrected chi connectivity index (χ0v) is 11.5. The van der Waals surface area contributed by atoms with E-state index in [2.05, 4.69) is 35.6 Å². The minimum absolute atomic E-state index is 0.796. The van der Waals surface area contributed by atoms with Crippen LogP contribution in [0.1, 0.15) is 18.4 Å². The molecule has 0 aliphatic carbocycles. The zero-order chi connectivity index (χ0) is 13.1. The van der Waals surface area contributed by atoms with Crippen molar-refractivity contribution < 1.29 is 4.74 Å². The van der Waals surface area contributed by atoms with E-state index in [1.165, 1.54) is 48.7 Å². The van der Waals surface area contributed by atoms with Crippen molar-refractivity contribution in [1.82, 2.24) is 5.32 Å². The lowest BCUT2D eigenvalue weighted by atomic mass is 9.91. The van der Waals surface area contributed by atoms with Gasteiger partial charge in [0.15, 0.2) is 0 Å². The van der Waals surface area contributed by atoms with Crippen LogP contribution in [0.15, 0.2) is 36.4 Å². The molecule has 2 nitrogen and oxygen atoms in total. The summed E-state index contributed by atoms with van der Waals surface area (Å²) in [5.41, 5.74) is 1.45. The summed E-state index contributed by atoms with van der Waals surface area (Å²) in [5.74, 6) is 1.72. The van der Waals surface area contributed by atoms with Crippen molar-refractivity contribution in [3.05, 3.63) is 42.0 Å². The average Bonchev–Trinajstić information content (AvgIpc) is 2.48. The molecule has 0 aromatic heterocycles. The monoisotopic (exact) mass is 255 g/mol. The number of hydrogen-bond donors (Lipinski definition) is 1. The van der Waals surface area contributed by atoms with Crippen LogP contribution in [0, 0.1) is 5.92 Å². The minimum Gasteiger partial charge on any atom is -0.497 e. The van der Waals surface area contributed by atoms with Crippen LogP contribution in [0.4, 0.5) is 0 Å². The number of hydrogen-bond acceptors (Lipinski definition) is 2. The van der Waals surface area contributed by atoms with E-state index in [9.17, 15) is 0 Å². The van der Waals surface area contributed by atoms with Crippen molar-refractivity contribution in [1.29, 1.82) is 0 Å². The maximum Gasteiger partial charge on any atom is 0.119 e. The molecule has 0 radical (unpaired) electrons.